The summed E-state index contributed by atoms with van der Waals surface area (Å²) in [7, 11) is -2.24. The molecule has 0 spiro atoms. The number of H-pyrrole nitrogens is 1. The summed E-state index contributed by atoms with van der Waals surface area (Å²) in [6, 6.07) is 5.09. The number of aryl methyl sites for hydroxylation is 2. The Morgan fingerprint density at radius 1 is 1.35 bits per heavy atom. The van der Waals surface area contributed by atoms with Crippen molar-refractivity contribution in [3.05, 3.63) is 34.1 Å². The zero-order chi connectivity index (χ0) is 14.9. The molecule has 8 heteroatoms. The van der Waals surface area contributed by atoms with Crippen LogP contribution in [0.15, 0.2) is 27.6 Å². The van der Waals surface area contributed by atoms with Crippen molar-refractivity contribution in [3.8, 4) is 5.75 Å². The molecule has 6 nitrogen and oxygen atoms in total. The fourth-order valence-corrected chi connectivity index (χ4v) is 3.69. The first kappa shape index (κ1) is 14.9. The lowest BCUT2D eigenvalue weighted by Gasteiger charge is -2.12. The van der Waals surface area contributed by atoms with Gasteiger partial charge in [0.25, 0.3) is 10.0 Å². The minimum atomic E-state index is -3.73. The van der Waals surface area contributed by atoms with Gasteiger partial charge in [-0.25, -0.2) is 8.42 Å². The lowest BCUT2D eigenvalue weighted by molar-refractivity contribution is 0.417. The Balaban J connectivity index is 2.46. The van der Waals surface area contributed by atoms with Crippen LogP contribution in [0.5, 0.6) is 5.75 Å². The van der Waals surface area contributed by atoms with Crippen LogP contribution >= 0.6 is 15.9 Å². The van der Waals surface area contributed by atoms with Gasteiger partial charge in [-0.15, -0.1) is 0 Å². The van der Waals surface area contributed by atoms with Gasteiger partial charge >= 0.3 is 0 Å². The minimum absolute atomic E-state index is 0.152. The number of nitrogens with zero attached hydrogens (tertiary/aromatic N) is 1. The van der Waals surface area contributed by atoms with Crippen molar-refractivity contribution in [1.29, 1.82) is 0 Å². The van der Waals surface area contributed by atoms with Gasteiger partial charge in [0, 0.05) is 4.47 Å². The van der Waals surface area contributed by atoms with Crippen LogP contribution in [0.2, 0.25) is 0 Å². The van der Waals surface area contributed by atoms with Crippen molar-refractivity contribution in [1.82, 2.24) is 10.2 Å². The molecule has 0 aliphatic rings. The first-order valence-electron chi connectivity index (χ1n) is 5.73. The van der Waals surface area contributed by atoms with Crippen LogP contribution in [0.1, 0.15) is 11.4 Å². The third-order valence-electron chi connectivity index (χ3n) is 2.74. The maximum Gasteiger partial charge on any atom is 0.265 e. The molecule has 0 aliphatic heterocycles. The number of ether oxygens (including phenoxy) is 1. The Morgan fingerprint density at radius 2 is 2.05 bits per heavy atom. The van der Waals surface area contributed by atoms with Crippen LogP contribution < -0.4 is 9.46 Å². The van der Waals surface area contributed by atoms with Crippen LogP contribution in [-0.2, 0) is 10.0 Å². The summed E-state index contributed by atoms with van der Waals surface area (Å²) in [5.74, 6) is 0.440. The second kappa shape index (κ2) is 5.45. The average molecular weight is 360 g/mol. The summed E-state index contributed by atoms with van der Waals surface area (Å²) in [4.78, 5) is 0.152. The monoisotopic (exact) mass is 359 g/mol. The van der Waals surface area contributed by atoms with Gasteiger partial charge in [0.05, 0.1) is 24.2 Å². The van der Waals surface area contributed by atoms with Gasteiger partial charge in [0.2, 0.25) is 0 Å². The number of hydrogen-bond acceptors (Lipinski definition) is 4. The molecule has 1 aromatic carbocycles. The number of anilines is 1. The second-order valence-corrected chi connectivity index (χ2v) is 6.75. The lowest BCUT2D eigenvalue weighted by atomic mass is 10.3. The number of nitrogens with one attached hydrogen (secondary N) is 2. The van der Waals surface area contributed by atoms with Gasteiger partial charge < -0.3 is 4.74 Å². The lowest BCUT2D eigenvalue weighted by Crippen LogP contribution is -2.15. The molecule has 2 rings (SSSR count). The van der Waals surface area contributed by atoms with E-state index >= 15 is 0 Å². The third-order valence-corrected chi connectivity index (χ3v) is 4.86. The molecule has 0 amide bonds. The van der Waals surface area contributed by atoms with E-state index in [0.29, 0.717) is 22.8 Å². The van der Waals surface area contributed by atoms with Crippen LogP contribution in [-0.4, -0.2) is 25.7 Å². The largest absolute Gasteiger partial charge is 0.495 e. The van der Waals surface area contributed by atoms with Gasteiger partial charge in [-0.3, -0.25) is 9.82 Å². The number of benzene rings is 1. The van der Waals surface area contributed by atoms with Crippen molar-refractivity contribution in [2.24, 2.45) is 0 Å². The van der Waals surface area contributed by atoms with Crippen molar-refractivity contribution < 1.29 is 13.2 Å². The molecule has 0 saturated carbocycles. The van der Waals surface area contributed by atoms with E-state index in [9.17, 15) is 8.42 Å². The van der Waals surface area contributed by atoms with Gasteiger partial charge in [-0.05, 0) is 32.0 Å². The molecule has 2 aromatic rings. The molecule has 0 bridgehead atoms. The second-order valence-electron chi connectivity index (χ2n) is 4.21. The van der Waals surface area contributed by atoms with Gasteiger partial charge in [-0.1, -0.05) is 15.9 Å². The van der Waals surface area contributed by atoms with Crippen molar-refractivity contribution in [2.75, 3.05) is 11.8 Å². The van der Waals surface area contributed by atoms with E-state index in [2.05, 4.69) is 30.8 Å². The van der Waals surface area contributed by atoms with Gasteiger partial charge in [0.1, 0.15) is 10.6 Å². The summed E-state index contributed by atoms with van der Waals surface area (Å²) >= 11 is 3.30. The number of halogens is 1. The predicted octanol–water partition coefficient (Wildman–Crippen LogP) is 2.60. The number of sulfonamides is 1. The molecular weight excluding hydrogens is 346 g/mol. The molecule has 1 aromatic heterocycles. The fraction of sp³-hybridized carbons (Fsp3) is 0.250. The normalized spacial score (nSPS) is 11.4. The zero-order valence-corrected chi connectivity index (χ0v) is 13.6. The van der Waals surface area contributed by atoms with Gasteiger partial charge in [0.15, 0.2) is 0 Å². The van der Waals surface area contributed by atoms with E-state index in [1.807, 2.05) is 0 Å². The average Bonchev–Trinajstić information content (AvgIpc) is 2.69. The molecule has 0 unspecified atom stereocenters. The van der Waals surface area contributed by atoms with E-state index < -0.39 is 10.0 Å². The first-order valence-corrected chi connectivity index (χ1v) is 8.00. The maximum atomic E-state index is 12.4. The Kier molecular flexibility index (Phi) is 4.05. The highest BCUT2D eigenvalue weighted by atomic mass is 79.9. The molecule has 0 radical (unpaired) electrons. The highest BCUT2D eigenvalue weighted by Crippen LogP contribution is 2.30. The number of hydrogen-bond donors (Lipinski definition) is 2. The third kappa shape index (κ3) is 2.80. The molecule has 0 atom stereocenters. The number of aromatic amines is 1. The van der Waals surface area contributed by atoms with Crippen LogP contribution in [0.25, 0.3) is 0 Å². The Bertz CT molecular complexity index is 721. The summed E-state index contributed by atoms with van der Waals surface area (Å²) in [5.41, 5.74) is 1.27. The summed E-state index contributed by atoms with van der Waals surface area (Å²) in [6.07, 6.45) is 0. The minimum Gasteiger partial charge on any atom is -0.495 e. The highest BCUT2D eigenvalue weighted by molar-refractivity contribution is 9.10. The van der Waals surface area contributed by atoms with E-state index in [1.54, 1.807) is 32.0 Å². The summed E-state index contributed by atoms with van der Waals surface area (Å²) < 4.78 is 33.3. The van der Waals surface area contributed by atoms with Crippen molar-refractivity contribution in [2.45, 2.75) is 18.7 Å². The molecular formula is C12H14BrN3O3S. The quantitative estimate of drug-likeness (QED) is 0.878. The van der Waals surface area contributed by atoms with Crippen molar-refractivity contribution in [3.63, 3.8) is 0 Å². The van der Waals surface area contributed by atoms with Crippen molar-refractivity contribution >= 4 is 31.6 Å². The number of methoxy groups -OCH3 is 1. The standard InChI is InChI=1S/C12H14BrN3O3S/c1-7-12(8(2)15-14-7)20(17,18)16-10-6-9(13)4-5-11(10)19-3/h4-6,16H,1-3H3,(H,14,15). The van der Waals surface area contributed by atoms with E-state index in [-0.39, 0.29) is 4.90 Å². The molecule has 0 saturated heterocycles. The van der Waals surface area contributed by atoms with E-state index in [0.717, 1.165) is 4.47 Å². The Labute approximate surface area is 125 Å². The van der Waals surface area contributed by atoms with E-state index in [1.165, 1.54) is 7.11 Å². The molecule has 0 fully saturated rings. The van der Waals surface area contributed by atoms with Crippen LogP contribution in [0.3, 0.4) is 0 Å². The fourth-order valence-electron chi connectivity index (χ4n) is 1.89. The van der Waals surface area contributed by atoms with Gasteiger partial charge in [-0.2, -0.15) is 5.10 Å². The Morgan fingerprint density at radius 3 is 2.60 bits per heavy atom. The van der Waals surface area contributed by atoms with Crippen LogP contribution in [0, 0.1) is 13.8 Å². The zero-order valence-electron chi connectivity index (χ0n) is 11.2. The highest BCUT2D eigenvalue weighted by Gasteiger charge is 2.23. The number of aromatic nitrogens is 2. The van der Waals surface area contributed by atoms with Crippen LogP contribution in [0.4, 0.5) is 5.69 Å². The first-order chi connectivity index (χ1) is 9.35. The molecule has 2 N–H and O–H groups in total. The maximum absolute atomic E-state index is 12.4. The number of rotatable bonds is 4. The molecule has 20 heavy (non-hydrogen) atoms. The molecule has 0 aliphatic carbocycles. The smallest absolute Gasteiger partial charge is 0.265 e. The Hall–Kier alpha value is -1.54. The summed E-state index contributed by atoms with van der Waals surface area (Å²) in [5, 5.41) is 6.56. The molecule has 108 valence electrons. The predicted molar refractivity (Wildman–Crippen MR) is 79.6 cm³/mol. The summed E-state index contributed by atoms with van der Waals surface area (Å²) in [6.45, 7) is 3.29. The SMILES string of the molecule is COc1ccc(Br)cc1NS(=O)(=O)c1c(C)n[nH]c1C. The molecule has 1 heterocycles. The topological polar surface area (TPSA) is 84.1 Å². The van der Waals surface area contributed by atoms with E-state index in [4.69, 9.17) is 4.74 Å².